The minimum absolute atomic E-state index is 0.315. The Balaban J connectivity index is 1.98. The van der Waals surface area contributed by atoms with Gasteiger partial charge in [0.15, 0.2) is 0 Å². The molecule has 0 aliphatic heterocycles. The number of rotatable bonds is 5. The Hall–Kier alpha value is -3.40. The molecule has 0 fully saturated rings. The number of anilines is 2. The van der Waals surface area contributed by atoms with Crippen molar-refractivity contribution in [2.75, 3.05) is 11.5 Å². The van der Waals surface area contributed by atoms with Crippen LogP contribution < -0.4 is 4.90 Å². The molecule has 4 nitrogen and oxygen atoms in total. The van der Waals surface area contributed by atoms with Gasteiger partial charge in [0, 0.05) is 11.4 Å². The summed E-state index contributed by atoms with van der Waals surface area (Å²) in [5.41, 5.74) is 3.34. The van der Waals surface area contributed by atoms with Gasteiger partial charge in [-0.15, -0.1) is 0 Å². The summed E-state index contributed by atoms with van der Waals surface area (Å²) in [5, 5.41) is 0. The Morgan fingerprint density at radius 1 is 0.852 bits per heavy atom. The number of ether oxygens (including phenoxy) is 1. The number of para-hydroxylation sites is 2. The third-order valence-electron chi connectivity index (χ3n) is 4.02. The number of amidine groups is 1. The first-order valence-corrected chi connectivity index (χ1v) is 8.91. The lowest BCUT2D eigenvalue weighted by Crippen LogP contribution is -2.23. The molecule has 0 heterocycles. The summed E-state index contributed by atoms with van der Waals surface area (Å²) < 4.78 is 5.06. The average molecular weight is 358 g/mol. The van der Waals surface area contributed by atoms with E-state index in [0.29, 0.717) is 12.2 Å². The van der Waals surface area contributed by atoms with Crippen molar-refractivity contribution in [3.8, 4) is 0 Å². The Labute approximate surface area is 159 Å². The zero-order chi connectivity index (χ0) is 19.1. The Kier molecular flexibility index (Phi) is 6.00. The molecule has 0 aliphatic carbocycles. The largest absolute Gasteiger partial charge is 0.462 e. The first-order chi connectivity index (χ1) is 13.2. The number of nitrogens with zero attached hydrogens (tertiary/aromatic N) is 2. The highest BCUT2D eigenvalue weighted by molar-refractivity contribution is 6.04. The average Bonchev–Trinajstić information content (AvgIpc) is 2.70. The SMILES string of the molecule is CCOC(=O)c1ccc(N(C(C)=Nc2ccccc2)c2ccccc2)cc1. The standard InChI is InChI=1S/C23H22N2O2/c1-3-27-23(26)19-14-16-22(17-15-19)25(21-12-8-5-9-13-21)18(2)24-20-10-6-4-7-11-20/h4-17H,3H2,1-2H3. The second-order valence-corrected chi connectivity index (χ2v) is 5.93. The lowest BCUT2D eigenvalue weighted by molar-refractivity contribution is 0.0526. The van der Waals surface area contributed by atoms with Gasteiger partial charge in [-0.3, -0.25) is 4.90 Å². The first kappa shape index (κ1) is 18.4. The summed E-state index contributed by atoms with van der Waals surface area (Å²) in [6, 6.07) is 27.2. The Bertz CT molecular complexity index is 904. The second-order valence-electron chi connectivity index (χ2n) is 5.93. The van der Waals surface area contributed by atoms with E-state index in [4.69, 9.17) is 9.73 Å². The van der Waals surface area contributed by atoms with E-state index in [2.05, 4.69) is 4.90 Å². The van der Waals surface area contributed by atoms with Crippen LogP contribution in [0.15, 0.2) is 89.9 Å². The maximum absolute atomic E-state index is 11.9. The van der Waals surface area contributed by atoms with Gasteiger partial charge in [0.25, 0.3) is 0 Å². The summed E-state index contributed by atoms with van der Waals surface area (Å²) >= 11 is 0. The maximum atomic E-state index is 11.9. The molecule has 3 rings (SSSR count). The molecular weight excluding hydrogens is 336 g/mol. The van der Waals surface area contributed by atoms with E-state index in [9.17, 15) is 4.79 Å². The normalized spacial score (nSPS) is 11.1. The summed E-state index contributed by atoms with van der Waals surface area (Å²) in [6.45, 7) is 4.13. The van der Waals surface area contributed by atoms with Crippen molar-refractivity contribution in [3.05, 3.63) is 90.5 Å². The highest BCUT2D eigenvalue weighted by Crippen LogP contribution is 2.27. The van der Waals surface area contributed by atoms with Crippen LogP contribution in [0.3, 0.4) is 0 Å². The van der Waals surface area contributed by atoms with Gasteiger partial charge in [-0.1, -0.05) is 36.4 Å². The molecule has 136 valence electrons. The fraction of sp³-hybridized carbons (Fsp3) is 0.130. The topological polar surface area (TPSA) is 41.9 Å². The van der Waals surface area contributed by atoms with Gasteiger partial charge in [0.1, 0.15) is 5.84 Å². The number of hydrogen-bond donors (Lipinski definition) is 0. The van der Waals surface area contributed by atoms with Gasteiger partial charge >= 0.3 is 5.97 Å². The quantitative estimate of drug-likeness (QED) is 0.331. The van der Waals surface area contributed by atoms with Gasteiger partial charge in [-0.2, -0.15) is 0 Å². The van der Waals surface area contributed by atoms with Crippen molar-refractivity contribution in [3.63, 3.8) is 0 Å². The lowest BCUT2D eigenvalue weighted by atomic mass is 10.1. The van der Waals surface area contributed by atoms with Crippen molar-refractivity contribution >= 4 is 28.9 Å². The summed E-state index contributed by atoms with van der Waals surface area (Å²) in [7, 11) is 0. The molecule has 0 saturated carbocycles. The minimum Gasteiger partial charge on any atom is -0.462 e. The van der Waals surface area contributed by atoms with Crippen LogP contribution in [0.2, 0.25) is 0 Å². The van der Waals surface area contributed by atoms with Crippen LogP contribution in [0.1, 0.15) is 24.2 Å². The van der Waals surface area contributed by atoms with Crippen LogP contribution in [-0.2, 0) is 4.74 Å². The van der Waals surface area contributed by atoms with E-state index in [1.165, 1.54) is 0 Å². The highest BCUT2D eigenvalue weighted by Gasteiger charge is 2.14. The number of carbonyl (C=O) groups is 1. The van der Waals surface area contributed by atoms with E-state index in [1.54, 1.807) is 19.1 Å². The highest BCUT2D eigenvalue weighted by atomic mass is 16.5. The third-order valence-corrected chi connectivity index (χ3v) is 4.02. The predicted octanol–water partition coefficient (Wildman–Crippen LogP) is 5.75. The molecule has 0 saturated heterocycles. The van der Waals surface area contributed by atoms with Crippen LogP contribution in [0.25, 0.3) is 0 Å². The van der Waals surface area contributed by atoms with Crippen LogP contribution in [-0.4, -0.2) is 18.4 Å². The molecule has 0 N–H and O–H groups in total. The molecule has 0 aliphatic rings. The predicted molar refractivity (Wildman–Crippen MR) is 110 cm³/mol. The number of aliphatic imine (C=N–C) groups is 1. The fourth-order valence-electron chi connectivity index (χ4n) is 2.80. The number of carbonyl (C=O) groups excluding carboxylic acids is 1. The molecule has 3 aromatic rings. The van der Waals surface area contributed by atoms with Crippen molar-refractivity contribution in [1.29, 1.82) is 0 Å². The summed E-state index contributed by atoms with van der Waals surface area (Å²) in [6.07, 6.45) is 0. The molecule has 3 aromatic carbocycles. The second kappa shape index (κ2) is 8.81. The summed E-state index contributed by atoms with van der Waals surface area (Å²) in [5.74, 6) is 0.515. The maximum Gasteiger partial charge on any atom is 0.338 e. The van der Waals surface area contributed by atoms with Gasteiger partial charge in [0.05, 0.1) is 17.9 Å². The van der Waals surface area contributed by atoms with E-state index in [1.807, 2.05) is 79.7 Å². The van der Waals surface area contributed by atoms with Gasteiger partial charge < -0.3 is 4.74 Å². The van der Waals surface area contributed by atoms with Crippen molar-refractivity contribution in [2.45, 2.75) is 13.8 Å². The number of hydrogen-bond acceptors (Lipinski definition) is 3. The van der Waals surface area contributed by atoms with E-state index < -0.39 is 0 Å². The van der Waals surface area contributed by atoms with Crippen LogP contribution >= 0.6 is 0 Å². The van der Waals surface area contributed by atoms with Crippen LogP contribution in [0.4, 0.5) is 17.1 Å². The molecule has 0 bridgehead atoms. The fourth-order valence-corrected chi connectivity index (χ4v) is 2.80. The molecule has 0 unspecified atom stereocenters. The Morgan fingerprint density at radius 2 is 1.41 bits per heavy atom. The Morgan fingerprint density at radius 3 is 2.00 bits per heavy atom. The number of esters is 1. The first-order valence-electron chi connectivity index (χ1n) is 8.91. The van der Waals surface area contributed by atoms with Gasteiger partial charge in [-0.05, 0) is 62.4 Å². The number of benzene rings is 3. The van der Waals surface area contributed by atoms with E-state index in [0.717, 1.165) is 22.9 Å². The molecule has 0 amide bonds. The van der Waals surface area contributed by atoms with Crippen LogP contribution in [0.5, 0.6) is 0 Å². The molecule has 0 aromatic heterocycles. The minimum atomic E-state index is -0.315. The van der Waals surface area contributed by atoms with Gasteiger partial charge in [-0.25, -0.2) is 9.79 Å². The molecule has 4 heteroatoms. The smallest absolute Gasteiger partial charge is 0.338 e. The molecule has 0 radical (unpaired) electrons. The van der Waals surface area contributed by atoms with Crippen LogP contribution in [0, 0.1) is 0 Å². The molecular formula is C23H22N2O2. The van der Waals surface area contributed by atoms with E-state index >= 15 is 0 Å². The molecule has 0 spiro atoms. The third kappa shape index (κ3) is 4.61. The van der Waals surface area contributed by atoms with E-state index in [-0.39, 0.29) is 5.97 Å². The zero-order valence-corrected chi connectivity index (χ0v) is 15.5. The monoisotopic (exact) mass is 358 g/mol. The van der Waals surface area contributed by atoms with Crippen molar-refractivity contribution < 1.29 is 9.53 Å². The van der Waals surface area contributed by atoms with Gasteiger partial charge in [0.2, 0.25) is 0 Å². The molecule has 0 atom stereocenters. The summed E-state index contributed by atoms with van der Waals surface area (Å²) in [4.78, 5) is 18.7. The lowest BCUT2D eigenvalue weighted by Gasteiger charge is -2.25. The van der Waals surface area contributed by atoms with Crippen molar-refractivity contribution in [1.82, 2.24) is 0 Å². The van der Waals surface area contributed by atoms with Crippen molar-refractivity contribution in [2.24, 2.45) is 4.99 Å². The molecule has 27 heavy (non-hydrogen) atoms. The zero-order valence-electron chi connectivity index (χ0n) is 15.5.